The lowest BCUT2D eigenvalue weighted by Gasteiger charge is -2.39. The van der Waals surface area contributed by atoms with Gasteiger partial charge in [0.2, 0.25) is 0 Å². The predicted octanol–water partition coefficient (Wildman–Crippen LogP) is 5.11. The van der Waals surface area contributed by atoms with E-state index in [4.69, 9.17) is 4.74 Å². The molecule has 3 aliphatic rings. The number of ether oxygens (including phenoxy) is 1. The van der Waals surface area contributed by atoms with Gasteiger partial charge in [-0.15, -0.1) is 0 Å². The van der Waals surface area contributed by atoms with Crippen molar-refractivity contribution in [1.82, 2.24) is 4.90 Å². The van der Waals surface area contributed by atoms with Crippen LogP contribution < -0.4 is 9.64 Å². The van der Waals surface area contributed by atoms with Crippen LogP contribution in [0.2, 0.25) is 0 Å². The van der Waals surface area contributed by atoms with Crippen LogP contribution in [-0.4, -0.2) is 47.4 Å². The lowest BCUT2D eigenvalue weighted by atomic mass is 9.87. The van der Waals surface area contributed by atoms with Gasteiger partial charge < -0.3 is 19.8 Å². The number of benzene rings is 3. The SMILES string of the molecule is Oc1ccc(N2CCc3cc(O)ccc3C2c2ccc(OCCN3CC4CCC3C4)cc2)cc1. The number of hydrogen-bond acceptors (Lipinski definition) is 5. The molecule has 0 aromatic heterocycles. The summed E-state index contributed by atoms with van der Waals surface area (Å²) in [6.07, 6.45) is 5.01. The van der Waals surface area contributed by atoms with Gasteiger partial charge in [-0.1, -0.05) is 18.2 Å². The van der Waals surface area contributed by atoms with Gasteiger partial charge >= 0.3 is 0 Å². The molecule has 0 amide bonds. The second-order valence-electron chi connectivity index (χ2n) is 9.99. The van der Waals surface area contributed by atoms with Crippen molar-refractivity contribution in [2.45, 2.75) is 37.8 Å². The van der Waals surface area contributed by atoms with Crippen LogP contribution in [0.4, 0.5) is 5.69 Å². The summed E-state index contributed by atoms with van der Waals surface area (Å²) >= 11 is 0. The Balaban J connectivity index is 1.21. The first-order valence-electron chi connectivity index (χ1n) is 12.5. The van der Waals surface area contributed by atoms with Gasteiger partial charge in [-0.05, 0) is 96.8 Å². The highest BCUT2D eigenvalue weighted by atomic mass is 16.5. The first-order chi connectivity index (χ1) is 16.6. The van der Waals surface area contributed by atoms with Crippen LogP contribution in [0.25, 0.3) is 0 Å². The van der Waals surface area contributed by atoms with Crippen LogP contribution in [0.1, 0.15) is 42.0 Å². The van der Waals surface area contributed by atoms with Gasteiger partial charge in [0.25, 0.3) is 0 Å². The van der Waals surface area contributed by atoms with E-state index < -0.39 is 0 Å². The highest BCUT2D eigenvalue weighted by molar-refractivity contribution is 5.58. The van der Waals surface area contributed by atoms with Gasteiger partial charge in [-0.25, -0.2) is 0 Å². The summed E-state index contributed by atoms with van der Waals surface area (Å²) in [4.78, 5) is 4.98. The molecule has 0 spiro atoms. The number of piperidine rings is 1. The van der Waals surface area contributed by atoms with E-state index in [2.05, 4.69) is 34.1 Å². The Morgan fingerprint density at radius 3 is 2.41 bits per heavy atom. The zero-order valence-electron chi connectivity index (χ0n) is 19.4. The number of phenolic OH excluding ortho intramolecular Hbond substituents is 2. The first-order valence-corrected chi connectivity index (χ1v) is 12.5. The van der Waals surface area contributed by atoms with Gasteiger partial charge in [-0.3, -0.25) is 4.90 Å². The molecule has 2 aliphatic heterocycles. The third-order valence-electron chi connectivity index (χ3n) is 7.90. The molecule has 0 radical (unpaired) electrons. The van der Waals surface area contributed by atoms with Crippen molar-refractivity contribution in [1.29, 1.82) is 0 Å². The number of hydrogen-bond donors (Lipinski definition) is 2. The second kappa shape index (κ2) is 8.88. The first kappa shape index (κ1) is 21.4. The van der Waals surface area contributed by atoms with Gasteiger partial charge in [-0.2, -0.15) is 0 Å². The summed E-state index contributed by atoms with van der Waals surface area (Å²) in [5.41, 5.74) is 4.64. The van der Waals surface area contributed by atoms with Crippen LogP contribution in [-0.2, 0) is 6.42 Å². The molecule has 2 heterocycles. The van der Waals surface area contributed by atoms with Crippen LogP contribution in [0.15, 0.2) is 66.7 Å². The second-order valence-corrected chi connectivity index (χ2v) is 9.99. The van der Waals surface area contributed by atoms with Gasteiger partial charge in [0.1, 0.15) is 23.9 Å². The third kappa shape index (κ3) is 4.09. The van der Waals surface area contributed by atoms with Crippen molar-refractivity contribution in [2.75, 3.05) is 31.1 Å². The van der Waals surface area contributed by atoms with Crippen molar-refractivity contribution < 1.29 is 14.9 Å². The number of likely N-dealkylation sites (tertiary alicyclic amines) is 1. The molecule has 1 saturated heterocycles. The Hall–Kier alpha value is -3.18. The number of rotatable bonds is 6. The minimum absolute atomic E-state index is 0.0306. The predicted molar refractivity (Wildman–Crippen MR) is 134 cm³/mol. The highest BCUT2D eigenvalue weighted by Crippen LogP contribution is 2.40. The summed E-state index contributed by atoms with van der Waals surface area (Å²) in [5.74, 6) is 2.41. The van der Waals surface area contributed by atoms with Gasteiger partial charge in [0.05, 0.1) is 6.04 Å². The Morgan fingerprint density at radius 1 is 0.882 bits per heavy atom. The normalized spacial score (nSPS) is 23.8. The molecule has 176 valence electrons. The molecule has 1 saturated carbocycles. The molecule has 2 N–H and O–H groups in total. The molecule has 3 aromatic carbocycles. The summed E-state index contributed by atoms with van der Waals surface area (Å²) in [7, 11) is 0. The van der Waals surface area contributed by atoms with E-state index in [9.17, 15) is 10.2 Å². The zero-order valence-corrected chi connectivity index (χ0v) is 19.4. The van der Waals surface area contributed by atoms with E-state index in [-0.39, 0.29) is 11.8 Å². The van der Waals surface area contributed by atoms with E-state index in [1.807, 2.05) is 24.3 Å². The summed E-state index contributed by atoms with van der Waals surface area (Å²) in [6.45, 7) is 3.82. The van der Waals surface area contributed by atoms with Crippen LogP contribution in [0.3, 0.4) is 0 Å². The smallest absolute Gasteiger partial charge is 0.119 e. The number of anilines is 1. The molecular weight excluding hydrogens is 424 g/mol. The molecule has 2 bridgehead atoms. The van der Waals surface area contributed by atoms with E-state index in [0.29, 0.717) is 5.75 Å². The molecule has 3 atom stereocenters. The van der Waals surface area contributed by atoms with E-state index in [0.717, 1.165) is 49.5 Å². The Morgan fingerprint density at radius 2 is 1.68 bits per heavy atom. The maximum atomic E-state index is 10.0. The number of aromatic hydroxyl groups is 2. The average Bonchev–Trinajstić information content (AvgIpc) is 3.48. The van der Waals surface area contributed by atoms with Crippen molar-refractivity contribution in [2.24, 2.45) is 5.92 Å². The van der Waals surface area contributed by atoms with Crippen LogP contribution in [0, 0.1) is 5.92 Å². The van der Waals surface area contributed by atoms with Crippen molar-refractivity contribution in [3.63, 3.8) is 0 Å². The largest absolute Gasteiger partial charge is 0.508 e. The Kier molecular flexibility index (Phi) is 5.58. The van der Waals surface area contributed by atoms with E-state index in [1.54, 1.807) is 18.2 Å². The minimum Gasteiger partial charge on any atom is -0.508 e. The average molecular weight is 457 g/mol. The Labute approximate surface area is 201 Å². The fraction of sp³-hybridized carbons (Fsp3) is 0.379. The van der Waals surface area contributed by atoms with Crippen molar-refractivity contribution >= 4 is 5.69 Å². The third-order valence-corrected chi connectivity index (χ3v) is 7.90. The standard InChI is InChI=1S/C29H32N2O3/c32-25-7-5-23(6-8-25)31-14-13-22-18-26(33)9-12-28(22)29(31)21-2-10-27(11-3-21)34-16-15-30-19-20-1-4-24(30)17-20/h2-3,5-12,18,20,24,29,32-33H,1,4,13-17,19H2. The summed E-state index contributed by atoms with van der Waals surface area (Å²) in [5, 5.41) is 19.8. The van der Waals surface area contributed by atoms with Gasteiger partial charge in [0.15, 0.2) is 0 Å². The summed E-state index contributed by atoms with van der Waals surface area (Å²) < 4.78 is 6.11. The van der Waals surface area contributed by atoms with Crippen molar-refractivity contribution in [3.8, 4) is 17.2 Å². The fourth-order valence-corrected chi connectivity index (χ4v) is 6.22. The molecule has 3 unspecified atom stereocenters. The zero-order chi connectivity index (χ0) is 23.1. The molecule has 3 aromatic rings. The van der Waals surface area contributed by atoms with Crippen molar-refractivity contribution in [3.05, 3.63) is 83.4 Å². The van der Waals surface area contributed by atoms with E-state index in [1.165, 1.54) is 42.5 Å². The van der Waals surface area contributed by atoms with Crippen LogP contribution in [0.5, 0.6) is 17.2 Å². The molecular formula is C29H32N2O3. The lowest BCUT2D eigenvalue weighted by molar-refractivity contribution is 0.172. The molecule has 5 heteroatoms. The molecule has 1 aliphatic carbocycles. The number of phenols is 2. The maximum absolute atomic E-state index is 10.0. The fourth-order valence-electron chi connectivity index (χ4n) is 6.22. The van der Waals surface area contributed by atoms with Crippen LogP contribution >= 0.6 is 0 Å². The lowest BCUT2D eigenvalue weighted by Crippen LogP contribution is -2.36. The maximum Gasteiger partial charge on any atom is 0.119 e. The molecule has 34 heavy (non-hydrogen) atoms. The molecule has 5 nitrogen and oxygen atoms in total. The van der Waals surface area contributed by atoms with E-state index >= 15 is 0 Å². The number of nitrogens with zero attached hydrogens (tertiary/aromatic N) is 2. The van der Waals surface area contributed by atoms with Gasteiger partial charge in [0, 0.05) is 31.4 Å². The Bertz CT molecular complexity index is 1150. The monoisotopic (exact) mass is 456 g/mol. The summed E-state index contributed by atoms with van der Waals surface area (Å²) in [6, 6.07) is 22.4. The molecule has 2 fully saturated rings. The highest BCUT2D eigenvalue weighted by Gasteiger charge is 2.37. The minimum atomic E-state index is 0.0306. The molecule has 6 rings (SSSR count). The quantitative estimate of drug-likeness (QED) is 0.540. The number of fused-ring (bicyclic) bond motifs is 3. The topological polar surface area (TPSA) is 56.2 Å².